The van der Waals surface area contributed by atoms with Crippen molar-refractivity contribution in [3.8, 4) is 22.0 Å². The molecule has 1 N–H and O–H groups in total. The average Bonchev–Trinajstić information content (AvgIpc) is 3.43. The van der Waals surface area contributed by atoms with Crippen LogP contribution in [0.4, 0.5) is 0 Å². The second-order valence-corrected chi connectivity index (χ2v) is 9.06. The summed E-state index contributed by atoms with van der Waals surface area (Å²) in [4.78, 5) is 18.0. The van der Waals surface area contributed by atoms with Crippen LogP contribution >= 0.6 is 11.3 Å². The highest BCUT2D eigenvalue weighted by Gasteiger charge is 2.21. The van der Waals surface area contributed by atoms with Gasteiger partial charge >= 0.3 is 0 Å². The Labute approximate surface area is 195 Å². The van der Waals surface area contributed by atoms with Crippen LogP contribution in [0.2, 0.25) is 0 Å². The maximum absolute atomic E-state index is 13.1. The number of unbranched alkanes of at least 4 members (excludes halogenated alkanes) is 1. The number of benzene rings is 1. The number of hydrogen-bond acceptors (Lipinski definition) is 4. The van der Waals surface area contributed by atoms with Crippen LogP contribution in [0.5, 0.6) is 0 Å². The van der Waals surface area contributed by atoms with Gasteiger partial charge in [-0.05, 0) is 25.3 Å². The molecule has 0 spiro atoms. The predicted molar refractivity (Wildman–Crippen MR) is 133 cm³/mol. The number of carbonyl (C=O) groups excluding carboxylic acids is 1. The van der Waals surface area contributed by atoms with Gasteiger partial charge in [0.25, 0.3) is 5.91 Å². The summed E-state index contributed by atoms with van der Waals surface area (Å²) in [5.41, 5.74) is 4.62. The van der Waals surface area contributed by atoms with E-state index in [1.807, 2.05) is 31.2 Å². The number of thiazole rings is 1. The van der Waals surface area contributed by atoms with E-state index in [4.69, 9.17) is 9.72 Å². The molecule has 172 valence electrons. The Kier molecular flexibility index (Phi) is 9.06. The van der Waals surface area contributed by atoms with Crippen molar-refractivity contribution in [3.05, 3.63) is 53.0 Å². The molecule has 1 amide bonds. The summed E-state index contributed by atoms with van der Waals surface area (Å²) in [6.45, 7) is 8.39. The summed E-state index contributed by atoms with van der Waals surface area (Å²) < 4.78 is 7.48. The number of hydrogen-bond donors (Lipinski definition) is 1. The highest BCUT2D eigenvalue weighted by molar-refractivity contribution is 7.13. The molecule has 6 heteroatoms. The van der Waals surface area contributed by atoms with Crippen molar-refractivity contribution >= 4 is 17.2 Å². The molecular weight excluding hydrogens is 418 g/mol. The fourth-order valence-corrected chi connectivity index (χ4v) is 4.76. The molecule has 32 heavy (non-hydrogen) atoms. The van der Waals surface area contributed by atoms with Crippen LogP contribution in [0.15, 0.2) is 41.8 Å². The average molecular weight is 454 g/mol. The molecule has 0 aliphatic carbocycles. The Balaban J connectivity index is 1.85. The number of methoxy groups -OCH3 is 1. The molecule has 0 aliphatic rings. The summed E-state index contributed by atoms with van der Waals surface area (Å²) in [6, 6.07) is 12.2. The maximum atomic E-state index is 13.1. The molecule has 2 aromatic heterocycles. The first-order valence-electron chi connectivity index (χ1n) is 11.6. The first-order chi connectivity index (χ1) is 15.6. The molecule has 0 fully saturated rings. The van der Waals surface area contributed by atoms with E-state index in [0.29, 0.717) is 19.1 Å². The van der Waals surface area contributed by atoms with Gasteiger partial charge in [0, 0.05) is 36.8 Å². The highest BCUT2D eigenvalue weighted by Crippen LogP contribution is 2.31. The number of amides is 1. The smallest absolute Gasteiger partial charge is 0.253 e. The molecule has 5 nitrogen and oxygen atoms in total. The Morgan fingerprint density at radius 1 is 1.25 bits per heavy atom. The third-order valence-corrected chi connectivity index (χ3v) is 6.90. The van der Waals surface area contributed by atoms with Crippen molar-refractivity contribution in [2.45, 2.75) is 53.0 Å². The van der Waals surface area contributed by atoms with Crippen LogP contribution < -0.4 is 5.32 Å². The van der Waals surface area contributed by atoms with Gasteiger partial charge in [-0.25, -0.2) is 4.98 Å². The summed E-state index contributed by atoms with van der Waals surface area (Å²) in [7, 11) is 1.70. The molecule has 1 aromatic carbocycles. The van der Waals surface area contributed by atoms with Crippen molar-refractivity contribution in [2.75, 3.05) is 20.3 Å². The van der Waals surface area contributed by atoms with Crippen molar-refractivity contribution < 1.29 is 9.53 Å². The van der Waals surface area contributed by atoms with Gasteiger partial charge in [-0.15, -0.1) is 11.3 Å². The topological polar surface area (TPSA) is 56.2 Å². The largest absolute Gasteiger partial charge is 0.383 e. The zero-order chi connectivity index (χ0) is 22.9. The van der Waals surface area contributed by atoms with Gasteiger partial charge in [0.05, 0.1) is 23.6 Å². The SMILES string of the molecule is CCCCC(CC)CNC(=O)c1cc(-c2csc(-c3ccccc3)n2)n(CCOC)c1C. The van der Waals surface area contributed by atoms with E-state index in [1.165, 1.54) is 12.8 Å². The summed E-state index contributed by atoms with van der Waals surface area (Å²) in [5.74, 6) is 0.523. The van der Waals surface area contributed by atoms with Crippen molar-refractivity contribution in [2.24, 2.45) is 5.92 Å². The van der Waals surface area contributed by atoms with Crippen molar-refractivity contribution in [1.29, 1.82) is 0 Å². The highest BCUT2D eigenvalue weighted by atomic mass is 32.1. The second-order valence-electron chi connectivity index (χ2n) is 8.20. The third-order valence-electron chi connectivity index (χ3n) is 6.01. The first-order valence-corrected chi connectivity index (χ1v) is 12.5. The molecule has 0 saturated heterocycles. The normalized spacial score (nSPS) is 12.1. The van der Waals surface area contributed by atoms with Crippen LogP contribution in [0.25, 0.3) is 22.0 Å². The van der Waals surface area contributed by atoms with Gasteiger partial charge in [0.1, 0.15) is 5.01 Å². The van der Waals surface area contributed by atoms with Gasteiger partial charge in [-0.2, -0.15) is 0 Å². The molecule has 0 aliphatic heterocycles. The Morgan fingerprint density at radius 2 is 2.03 bits per heavy atom. The number of nitrogens with one attached hydrogen (secondary N) is 1. The summed E-state index contributed by atoms with van der Waals surface area (Å²) in [6.07, 6.45) is 4.64. The Morgan fingerprint density at radius 3 is 2.72 bits per heavy atom. The predicted octanol–water partition coefficient (Wildman–Crippen LogP) is 6.18. The lowest BCUT2D eigenvalue weighted by atomic mass is 9.99. The fourth-order valence-electron chi connectivity index (χ4n) is 3.94. The standard InChI is InChI=1S/C26H35N3O2S/c1-5-7-11-20(6-2)17-27-25(30)22-16-24(29(19(22)3)14-15-31-4)23-18-32-26(28-23)21-12-9-8-10-13-21/h8-10,12-13,16,18,20H,5-7,11,14-15,17H2,1-4H3,(H,27,30). The minimum atomic E-state index is -0.00613. The number of carbonyl (C=O) groups is 1. The first kappa shape index (κ1) is 24.2. The van der Waals surface area contributed by atoms with Gasteiger partial charge in [0.2, 0.25) is 0 Å². The molecular formula is C26H35N3O2S. The molecule has 1 atom stereocenters. The van der Waals surface area contributed by atoms with Crippen molar-refractivity contribution in [1.82, 2.24) is 14.9 Å². The molecule has 3 rings (SSSR count). The van der Waals surface area contributed by atoms with Gasteiger partial charge in [0.15, 0.2) is 0 Å². The fraction of sp³-hybridized carbons (Fsp3) is 0.462. The summed E-state index contributed by atoms with van der Waals surface area (Å²) in [5, 5.41) is 6.22. The van der Waals surface area contributed by atoms with Crippen molar-refractivity contribution in [3.63, 3.8) is 0 Å². The number of aromatic nitrogens is 2. The van der Waals surface area contributed by atoms with Crippen LogP contribution in [-0.2, 0) is 11.3 Å². The molecule has 0 bridgehead atoms. The third kappa shape index (κ3) is 5.87. The van der Waals surface area contributed by atoms with E-state index >= 15 is 0 Å². The maximum Gasteiger partial charge on any atom is 0.253 e. The van der Waals surface area contributed by atoms with E-state index in [9.17, 15) is 4.79 Å². The lowest BCUT2D eigenvalue weighted by Crippen LogP contribution is -2.29. The Hall–Kier alpha value is -2.44. The van der Waals surface area contributed by atoms with Gasteiger partial charge < -0.3 is 14.6 Å². The lowest BCUT2D eigenvalue weighted by molar-refractivity contribution is 0.0945. The lowest BCUT2D eigenvalue weighted by Gasteiger charge is -2.15. The molecule has 2 heterocycles. The quantitative estimate of drug-likeness (QED) is 0.356. The number of nitrogens with zero attached hydrogens (tertiary/aromatic N) is 2. The number of rotatable bonds is 12. The van der Waals surface area contributed by atoms with Crippen LogP contribution in [0.3, 0.4) is 0 Å². The molecule has 0 radical (unpaired) electrons. The van der Waals surface area contributed by atoms with E-state index in [2.05, 4.69) is 41.2 Å². The molecule has 3 aromatic rings. The molecule has 0 saturated carbocycles. The zero-order valence-electron chi connectivity index (χ0n) is 19.7. The zero-order valence-corrected chi connectivity index (χ0v) is 20.5. The second kappa shape index (κ2) is 12.0. The minimum Gasteiger partial charge on any atom is -0.383 e. The molecule has 1 unspecified atom stereocenters. The van der Waals surface area contributed by atoms with E-state index < -0.39 is 0 Å². The van der Waals surface area contributed by atoms with Gasteiger partial charge in [-0.1, -0.05) is 63.4 Å². The van der Waals surface area contributed by atoms with Crippen LogP contribution in [-0.4, -0.2) is 35.7 Å². The Bertz CT molecular complexity index is 994. The van der Waals surface area contributed by atoms with Crippen LogP contribution in [0, 0.1) is 12.8 Å². The minimum absolute atomic E-state index is 0.00613. The monoisotopic (exact) mass is 453 g/mol. The van der Waals surface area contributed by atoms with Crippen LogP contribution in [0.1, 0.15) is 55.6 Å². The number of ether oxygens (including phenoxy) is 1. The van der Waals surface area contributed by atoms with Gasteiger partial charge in [-0.3, -0.25) is 4.79 Å². The van der Waals surface area contributed by atoms with E-state index in [0.717, 1.165) is 52.6 Å². The summed E-state index contributed by atoms with van der Waals surface area (Å²) >= 11 is 1.62. The van der Waals surface area contributed by atoms with E-state index in [-0.39, 0.29) is 5.91 Å². The van der Waals surface area contributed by atoms with E-state index in [1.54, 1.807) is 18.4 Å².